The van der Waals surface area contributed by atoms with Crippen molar-refractivity contribution < 1.29 is 23.7 Å². The predicted molar refractivity (Wildman–Crippen MR) is 132 cm³/mol. The summed E-state index contributed by atoms with van der Waals surface area (Å²) in [5.74, 6) is 3.49. The average molecular weight is 449 g/mol. The first-order chi connectivity index (χ1) is 14.8. The lowest BCUT2D eigenvalue weighted by Crippen LogP contribution is -2.26. The molecule has 32 heavy (non-hydrogen) atoms. The van der Waals surface area contributed by atoms with Crippen LogP contribution in [0.15, 0.2) is 30.3 Å². The molecule has 0 spiro atoms. The molecule has 0 fully saturated rings. The zero-order valence-corrected chi connectivity index (χ0v) is 21.4. The molecule has 2 aromatic rings. The van der Waals surface area contributed by atoms with Gasteiger partial charge in [-0.3, -0.25) is 0 Å². The molecule has 7 heteroatoms. The molecule has 2 aromatic carbocycles. The van der Waals surface area contributed by atoms with E-state index in [1.54, 1.807) is 35.5 Å². The van der Waals surface area contributed by atoms with E-state index in [1.807, 2.05) is 30.3 Å². The maximum absolute atomic E-state index is 5.29. The molecule has 0 atom stereocenters. The van der Waals surface area contributed by atoms with Crippen LogP contribution in [-0.2, 0) is 0 Å². The lowest BCUT2D eigenvalue weighted by molar-refractivity contribution is 0.324. The summed E-state index contributed by atoms with van der Waals surface area (Å²) in [6.45, 7) is 12.6. The summed E-state index contributed by atoms with van der Waals surface area (Å²) in [6, 6.07) is 9.55. The van der Waals surface area contributed by atoms with Gasteiger partial charge < -0.3 is 34.3 Å². The summed E-state index contributed by atoms with van der Waals surface area (Å²) in [6.07, 6.45) is 0. The molecule has 0 unspecified atom stereocenters. The average Bonchev–Trinajstić information content (AvgIpc) is 2.70. The number of hydrogen-bond donors (Lipinski definition) is 2. The van der Waals surface area contributed by atoms with E-state index < -0.39 is 0 Å². The molecule has 180 valence electrons. The van der Waals surface area contributed by atoms with Crippen LogP contribution < -0.4 is 34.3 Å². The fraction of sp³-hybridized carbons (Fsp3) is 0.520. The van der Waals surface area contributed by atoms with E-state index in [1.165, 1.54) is 0 Å². The third-order valence-electron chi connectivity index (χ3n) is 4.05. The smallest absolute Gasteiger partial charge is 0.203 e. The SMILES string of the molecule is COc1cc(NC(C)(C)C)cc(OC)c1.COc1cc(NC(C)(C)C)cc(OC)c1OC. The van der Waals surface area contributed by atoms with Gasteiger partial charge >= 0.3 is 0 Å². The Balaban J connectivity index is 0.000000323. The van der Waals surface area contributed by atoms with Crippen LogP contribution in [0.4, 0.5) is 11.4 Å². The van der Waals surface area contributed by atoms with Gasteiger partial charge in [0, 0.05) is 52.8 Å². The molecule has 0 saturated carbocycles. The molecule has 2 N–H and O–H groups in total. The monoisotopic (exact) mass is 448 g/mol. The molecule has 0 bridgehead atoms. The first kappa shape index (κ1) is 27.1. The minimum absolute atomic E-state index is 0.0232. The lowest BCUT2D eigenvalue weighted by atomic mass is 10.1. The van der Waals surface area contributed by atoms with Crippen LogP contribution in [0.3, 0.4) is 0 Å². The zero-order chi connectivity index (χ0) is 24.5. The molecule has 0 aliphatic carbocycles. The van der Waals surface area contributed by atoms with Crippen LogP contribution in [0.25, 0.3) is 0 Å². The molecule has 2 rings (SSSR count). The highest BCUT2D eigenvalue weighted by Gasteiger charge is 2.16. The van der Waals surface area contributed by atoms with E-state index in [4.69, 9.17) is 23.7 Å². The molecule has 0 saturated heterocycles. The molecule has 0 amide bonds. The van der Waals surface area contributed by atoms with Gasteiger partial charge in [-0.2, -0.15) is 0 Å². The summed E-state index contributed by atoms with van der Waals surface area (Å²) in [5, 5.41) is 6.74. The van der Waals surface area contributed by atoms with Gasteiger partial charge in [0.2, 0.25) is 5.75 Å². The molecule has 7 nitrogen and oxygen atoms in total. The largest absolute Gasteiger partial charge is 0.497 e. The van der Waals surface area contributed by atoms with Crippen molar-refractivity contribution in [2.75, 3.05) is 46.2 Å². The molecule has 0 aromatic heterocycles. The first-order valence-corrected chi connectivity index (χ1v) is 10.4. The molecule has 0 heterocycles. The van der Waals surface area contributed by atoms with Gasteiger partial charge in [-0.25, -0.2) is 0 Å². The maximum atomic E-state index is 5.29. The quantitative estimate of drug-likeness (QED) is 0.552. The van der Waals surface area contributed by atoms with Crippen molar-refractivity contribution in [3.05, 3.63) is 30.3 Å². The number of nitrogens with one attached hydrogen (secondary N) is 2. The highest BCUT2D eigenvalue weighted by Crippen LogP contribution is 2.40. The van der Waals surface area contributed by atoms with Crippen LogP contribution in [0.2, 0.25) is 0 Å². The van der Waals surface area contributed by atoms with Gasteiger partial charge in [0.05, 0.1) is 35.5 Å². The van der Waals surface area contributed by atoms with E-state index in [2.05, 4.69) is 52.2 Å². The minimum atomic E-state index is -0.0232. The number of methoxy groups -OCH3 is 5. The van der Waals surface area contributed by atoms with Crippen molar-refractivity contribution >= 4 is 11.4 Å². The molecule has 0 aliphatic heterocycles. The number of rotatable bonds is 7. The predicted octanol–water partition coefficient (Wildman–Crippen LogP) is 5.84. The Bertz CT molecular complexity index is 807. The highest BCUT2D eigenvalue weighted by atomic mass is 16.5. The second kappa shape index (κ2) is 11.6. The molecule has 0 radical (unpaired) electrons. The van der Waals surface area contributed by atoms with E-state index in [9.17, 15) is 0 Å². The summed E-state index contributed by atoms with van der Waals surface area (Å²) in [4.78, 5) is 0. The van der Waals surface area contributed by atoms with Crippen molar-refractivity contribution in [2.45, 2.75) is 52.6 Å². The number of anilines is 2. The highest BCUT2D eigenvalue weighted by molar-refractivity contribution is 5.63. The van der Waals surface area contributed by atoms with Gasteiger partial charge in [0.1, 0.15) is 11.5 Å². The van der Waals surface area contributed by atoms with Crippen LogP contribution in [0.1, 0.15) is 41.5 Å². The minimum Gasteiger partial charge on any atom is -0.497 e. The Labute approximate surface area is 193 Å². The van der Waals surface area contributed by atoms with Crippen molar-refractivity contribution in [3.8, 4) is 28.7 Å². The van der Waals surface area contributed by atoms with Gasteiger partial charge in [-0.1, -0.05) is 0 Å². The van der Waals surface area contributed by atoms with Crippen molar-refractivity contribution in [1.82, 2.24) is 0 Å². The van der Waals surface area contributed by atoms with Gasteiger partial charge in [0.15, 0.2) is 11.5 Å². The second-order valence-corrected chi connectivity index (χ2v) is 9.27. The summed E-state index contributed by atoms with van der Waals surface area (Å²) >= 11 is 0. The summed E-state index contributed by atoms with van der Waals surface area (Å²) in [7, 11) is 8.11. The Morgan fingerprint density at radius 3 is 1.16 bits per heavy atom. The van der Waals surface area contributed by atoms with Crippen LogP contribution in [0, 0.1) is 0 Å². The fourth-order valence-electron chi connectivity index (χ4n) is 2.90. The van der Waals surface area contributed by atoms with Crippen molar-refractivity contribution in [2.24, 2.45) is 0 Å². The number of benzene rings is 2. The Morgan fingerprint density at radius 2 is 0.875 bits per heavy atom. The molecular weight excluding hydrogens is 408 g/mol. The summed E-state index contributed by atoms with van der Waals surface area (Å²) in [5.41, 5.74) is 1.94. The molecule has 0 aliphatic rings. The zero-order valence-electron chi connectivity index (χ0n) is 21.4. The van der Waals surface area contributed by atoms with Crippen LogP contribution in [-0.4, -0.2) is 46.6 Å². The first-order valence-electron chi connectivity index (χ1n) is 10.4. The van der Waals surface area contributed by atoms with E-state index in [-0.39, 0.29) is 11.1 Å². The van der Waals surface area contributed by atoms with Crippen LogP contribution >= 0.6 is 0 Å². The Kier molecular flexibility index (Phi) is 9.81. The normalized spacial score (nSPS) is 11.0. The van der Waals surface area contributed by atoms with Gasteiger partial charge in [0.25, 0.3) is 0 Å². The van der Waals surface area contributed by atoms with E-state index >= 15 is 0 Å². The maximum Gasteiger partial charge on any atom is 0.203 e. The third-order valence-corrected chi connectivity index (χ3v) is 4.05. The van der Waals surface area contributed by atoms with Crippen molar-refractivity contribution in [3.63, 3.8) is 0 Å². The van der Waals surface area contributed by atoms with E-state index in [0.717, 1.165) is 22.9 Å². The topological polar surface area (TPSA) is 70.2 Å². The van der Waals surface area contributed by atoms with Crippen LogP contribution in [0.5, 0.6) is 28.7 Å². The number of hydrogen-bond acceptors (Lipinski definition) is 7. The summed E-state index contributed by atoms with van der Waals surface area (Å²) < 4.78 is 26.2. The second-order valence-electron chi connectivity index (χ2n) is 9.27. The molecular formula is C25H40N2O5. The lowest BCUT2D eigenvalue weighted by Gasteiger charge is -2.23. The van der Waals surface area contributed by atoms with Gasteiger partial charge in [-0.05, 0) is 41.5 Å². The Morgan fingerprint density at radius 1 is 0.500 bits per heavy atom. The third kappa shape index (κ3) is 9.04. The van der Waals surface area contributed by atoms with E-state index in [0.29, 0.717) is 17.2 Å². The Hall–Kier alpha value is -2.96. The van der Waals surface area contributed by atoms with Crippen molar-refractivity contribution in [1.29, 1.82) is 0 Å². The fourth-order valence-corrected chi connectivity index (χ4v) is 2.90. The standard InChI is InChI=1S/C13H21NO3.C12H19NO2/c1-13(2,3)14-9-7-10(15-4)12(17-6)11(8-9)16-5;1-12(2,3)13-9-6-10(14-4)8-11(7-9)15-5/h7-8,14H,1-6H3;6-8,13H,1-5H3. The number of ether oxygens (including phenoxy) is 5. The van der Waals surface area contributed by atoms with Gasteiger partial charge in [-0.15, -0.1) is 0 Å².